The molecule has 0 heterocycles. The van der Waals surface area contributed by atoms with Crippen molar-refractivity contribution in [3.63, 3.8) is 0 Å². The lowest BCUT2D eigenvalue weighted by molar-refractivity contribution is -0.131. The molecule has 0 aliphatic rings. The number of nitrogens with one attached hydrogen (secondary N) is 1. The minimum atomic E-state index is -1.09. The van der Waals surface area contributed by atoms with E-state index in [1.807, 2.05) is 0 Å². The summed E-state index contributed by atoms with van der Waals surface area (Å²) in [6.07, 6.45) is 2.28. The Bertz CT molecular complexity index is 498. The number of amides is 1. The maximum atomic E-state index is 11.0. The van der Waals surface area contributed by atoms with Crippen LogP contribution in [-0.2, 0) is 9.59 Å². The first-order chi connectivity index (χ1) is 7.91. The van der Waals surface area contributed by atoms with E-state index in [4.69, 9.17) is 28.3 Å². The van der Waals surface area contributed by atoms with Gasteiger partial charge in [-0.05, 0) is 17.7 Å². The van der Waals surface area contributed by atoms with Crippen LogP contribution in [0.15, 0.2) is 18.2 Å². The number of carboxylic acids is 1. The first kappa shape index (κ1) is 13.5. The zero-order valence-corrected chi connectivity index (χ0v) is 10.3. The Morgan fingerprint density at radius 3 is 2.53 bits per heavy atom. The fourth-order valence-corrected chi connectivity index (χ4v) is 1.55. The molecule has 90 valence electrons. The van der Waals surface area contributed by atoms with Crippen molar-refractivity contribution in [1.82, 2.24) is 0 Å². The molecular weight excluding hydrogens is 265 g/mol. The summed E-state index contributed by atoms with van der Waals surface area (Å²) < 4.78 is 0. The number of anilines is 1. The average Bonchev–Trinajstić information content (AvgIpc) is 2.23. The Labute approximate surface area is 108 Å². The van der Waals surface area contributed by atoms with Gasteiger partial charge in [0.15, 0.2) is 0 Å². The summed E-state index contributed by atoms with van der Waals surface area (Å²) in [4.78, 5) is 21.4. The molecule has 0 aromatic heterocycles. The molecule has 0 saturated carbocycles. The van der Waals surface area contributed by atoms with Crippen molar-refractivity contribution in [3.8, 4) is 0 Å². The zero-order chi connectivity index (χ0) is 13.0. The molecule has 1 aromatic carbocycles. The van der Waals surface area contributed by atoms with Gasteiger partial charge >= 0.3 is 5.97 Å². The summed E-state index contributed by atoms with van der Waals surface area (Å²) in [6, 6.07) is 3.09. The number of hydrogen-bond donors (Lipinski definition) is 2. The van der Waals surface area contributed by atoms with E-state index in [-0.39, 0.29) is 16.0 Å². The van der Waals surface area contributed by atoms with E-state index in [0.29, 0.717) is 11.3 Å². The molecule has 6 heteroatoms. The second-order valence-electron chi connectivity index (χ2n) is 3.18. The van der Waals surface area contributed by atoms with Crippen LogP contribution in [0.25, 0.3) is 6.08 Å². The summed E-state index contributed by atoms with van der Waals surface area (Å²) in [5.41, 5.74) is 0.765. The molecule has 1 rings (SSSR count). The van der Waals surface area contributed by atoms with Gasteiger partial charge in [-0.3, -0.25) is 4.79 Å². The highest BCUT2D eigenvalue weighted by molar-refractivity contribution is 6.44. The van der Waals surface area contributed by atoms with E-state index < -0.39 is 5.97 Å². The molecule has 1 amide bonds. The SMILES string of the molecule is CC(=O)Nc1c(C=CC(=O)O)ccc(Cl)c1Cl. The molecular formula is C11H9Cl2NO3. The van der Waals surface area contributed by atoms with Gasteiger partial charge in [-0.1, -0.05) is 29.3 Å². The third-order valence-electron chi connectivity index (χ3n) is 1.83. The van der Waals surface area contributed by atoms with Gasteiger partial charge < -0.3 is 10.4 Å². The van der Waals surface area contributed by atoms with Crippen LogP contribution in [0, 0.1) is 0 Å². The summed E-state index contributed by atoms with van der Waals surface area (Å²) in [5.74, 6) is -1.41. The van der Waals surface area contributed by atoms with Crippen LogP contribution in [-0.4, -0.2) is 17.0 Å². The lowest BCUT2D eigenvalue weighted by atomic mass is 10.1. The Morgan fingerprint density at radius 1 is 1.35 bits per heavy atom. The number of carboxylic acid groups (broad SMARTS) is 1. The van der Waals surface area contributed by atoms with E-state index in [1.165, 1.54) is 19.1 Å². The third-order valence-corrected chi connectivity index (χ3v) is 2.64. The Morgan fingerprint density at radius 2 is 2.00 bits per heavy atom. The molecule has 0 unspecified atom stereocenters. The number of hydrogen-bond acceptors (Lipinski definition) is 2. The van der Waals surface area contributed by atoms with E-state index in [0.717, 1.165) is 6.08 Å². The second kappa shape index (κ2) is 5.70. The highest BCUT2D eigenvalue weighted by atomic mass is 35.5. The molecule has 17 heavy (non-hydrogen) atoms. The van der Waals surface area contributed by atoms with Crippen molar-refractivity contribution in [3.05, 3.63) is 33.8 Å². The molecule has 1 aromatic rings. The third kappa shape index (κ3) is 3.76. The number of benzene rings is 1. The first-order valence-electron chi connectivity index (χ1n) is 4.58. The largest absolute Gasteiger partial charge is 0.478 e. The van der Waals surface area contributed by atoms with Crippen LogP contribution >= 0.6 is 23.2 Å². The quantitative estimate of drug-likeness (QED) is 0.832. The number of carbonyl (C=O) groups is 2. The summed E-state index contributed by atoms with van der Waals surface area (Å²) >= 11 is 11.7. The van der Waals surface area contributed by atoms with Gasteiger partial charge in [-0.15, -0.1) is 0 Å². The van der Waals surface area contributed by atoms with Crippen LogP contribution in [0.4, 0.5) is 5.69 Å². The normalized spacial score (nSPS) is 10.5. The fourth-order valence-electron chi connectivity index (χ4n) is 1.17. The lowest BCUT2D eigenvalue weighted by Gasteiger charge is -2.10. The Hall–Kier alpha value is -1.52. The molecule has 4 nitrogen and oxygen atoms in total. The van der Waals surface area contributed by atoms with Crippen LogP contribution in [0.1, 0.15) is 12.5 Å². The maximum absolute atomic E-state index is 11.0. The van der Waals surface area contributed by atoms with Gasteiger partial charge in [-0.2, -0.15) is 0 Å². The summed E-state index contributed by atoms with van der Waals surface area (Å²) in [5, 5.41) is 11.5. The standard InChI is InChI=1S/C11H9Cl2NO3/c1-6(15)14-11-7(3-5-9(16)17)2-4-8(12)10(11)13/h2-5H,1H3,(H,14,15)(H,16,17). The highest BCUT2D eigenvalue weighted by Gasteiger charge is 2.10. The number of carbonyl (C=O) groups excluding carboxylic acids is 1. The minimum absolute atomic E-state index is 0.175. The number of halogens is 2. The topological polar surface area (TPSA) is 66.4 Å². The van der Waals surface area contributed by atoms with Crippen molar-refractivity contribution in [1.29, 1.82) is 0 Å². The monoisotopic (exact) mass is 273 g/mol. The van der Waals surface area contributed by atoms with Crippen molar-refractivity contribution < 1.29 is 14.7 Å². The molecule has 0 aliphatic carbocycles. The smallest absolute Gasteiger partial charge is 0.328 e. The van der Waals surface area contributed by atoms with E-state index >= 15 is 0 Å². The van der Waals surface area contributed by atoms with Crippen LogP contribution < -0.4 is 5.32 Å². The summed E-state index contributed by atoms with van der Waals surface area (Å²) in [6.45, 7) is 1.32. The van der Waals surface area contributed by atoms with Gasteiger partial charge in [0, 0.05) is 13.0 Å². The Kier molecular flexibility index (Phi) is 4.54. The van der Waals surface area contributed by atoms with E-state index in [9.17, 15) is 9.59 Å². The second-order valence-corrected chi connectivity index (χ2v) is 3.96. The molecule has 0 atom stereocenters. The van der Waals surface area contributed by atoms with Crippen molar-refractivity contribution in [2.45, 2.75) is 6.92 Å². The number of rotatable bonds is 3. The molecule has 0 radical (unpaired) electrons. The zero-order valence-electron chi connectivity index (χ0n) is 8.83. The predicted molar refractivity (Wildman–Crippen MR) is 67.4 cm³/mol. The molecule has 2 N–H and O–H groups in total. The Balaban J connectivity index is 3.24. The van der Waals surface area contributed by atoms with Crippen LogP contribution in [0.2, 0.25) is 10.0 Å². The fraction of sp³-hybridized carbons (Fsp3) is 0.0909. The van der Waals surface area contributed by atoms with Crippen LogP contribution in [0.5, 0.6) is 0 Å². The van der Waals surface area contributed by atoms with E-state index in [1.54, 1.807) is 6.07 Å². The molecule has 0 aliphatic heterocycles. The number of aliphatic carboxylic acids is 1. The molecule has 0 spiro atoms. The van der Waals surface area contributed by atoms with Crippen molar-refractivity contribution in [2.75, 3.05) is 5.32 Å². The molecule has 0 fully saturated rings. The van der Waals surface area contributed by atoms with Gasteiger partial charge in [-0.25, -0.2) is 4.79 Å². The van der Waals surface area contributed by atoms with Crippen molar-refractivity contribution in [2.24, 2.45) is 0 Å². The van der Waals surface area contributed by atoms with Gasteiger partial charge in [0.2, 0.25) is 5.91 Å². The lowest BCUT2D eigenvalue weighted by Crippen LogP contribution is -2.08. The highest BCUT2D eigenvalue weighted by Crippen LogP contribution is 2.33. The van der Waals surface area contributed by atoms with Gasteiger partial charge in [0.1, 0.15) is 0 Å². The predicted octanol–water partition coefficient (Wildman–Crippen LogP) is 3.05. The van der Waals surface area contributed by atoms with E-state index in [2.05, 4.69) is 5.32 Å². The first-order valence-corrected chi connectivity index (χ1v) is 5.34. The minimum Gasteiger partial charge on any atom is -0.478 e. The maximum Gasteiger partial charge on any atom is 0.328 e. The molecule has 0 saturated heterocycles. The van der Waals surface area contributed by atoms with Crippen LogP contribution in [0.3, 0.4) is 0 Å². The van der Waals surface area contributed by atoms with Gasteiger partial charge in [0.25, 0.3) is 0 Å². The van der Waals surface area contributed by atoms with Crippen molar-refractivity contribution >= 4 is 46.8 Å². The average molecular weight is 274 g/mol. The van der Waals surface area contributed by atoms with Gasteiger partial charge in [0.05, 0.1) is 15.7 Å². The molecule has 0 bridgehead atoms. The summed E-state index contributed by atoms with van der Waals surface area (Å²) in [7, 11) is 0.